The van der Waals surface area contributed by atoms with E-state index in [1.165, 1.54) is 12.4 Å². The summed E-state index contributed by atoms with van der Waals surface area (Å²) < 4.78 is 0. The predicted octanol–water partition coefficient (Wildman–Crippen LogP) is 3.75. The fourth-order valence-electron chi connectivity index (χ4n) is 3.65. The fraction of sp³-hybridized carbons (Fsp3) is 0.125. The molecule has 1 atom stereocenters. The van der Waals surface area contributed by atoms with Gasteiger partial charge >= 0.3 is 0 Å². The first-order valence-electron chi connectivity index (χ1n) is 9.44. The highest BCUT2D eigenvalue weighted by Crippen LogP contribution is 2.39. The molecule has 0 spiro atoms. The van der Waals surface area contributed by atoms with Crippen LogP contribution < -0.4 is 0 Å². The number of benzene rings is 2. The fourth-order valence-corrected chi connectivity index (χ4v) is 3.65. The molecule has 5 nitrogen and oxygen atoms in total. The zero-order valence-corrected chi connectivity index (χ0v) is 15.7. The Balaban J connectivity index is 1.76. The molecule has 1 aliphatic heterocycles. The van der Waals surface area contributed by atoms with E-state index in [0.717, 1.165) is 11.1 Å². The summed E-state index contributed by atoms with van der Waals surface area (Å²) in [6, 6.07) is 21.8. The third-order valence-electron chi connectivity index (χ3n) is 5.09. The van der Waals surface area contributed by atoms with E-state index in [0.29, 0.717) is 18.5 Å². The summed E-state index contributed by atoms with van der Waals surface area (Å²) in [6.45, 7) is 0.376. The summed E-state index contributed by atoms with van der Waals surface area (Å²) in [7, 11) is 0. The number of pyridine rings is 1. The molecule has 29 heavy (non-hydrogen) atoms. The molecule has 144 valence electrons. The number of nitrogens with zero attached hydrogens (tertiary/aromatic N) is 2. The summed E-state index contributed by atoms with van der Waals surface area (Å²) >= 11 is 0. The molecule has 4 rings (SSSR count). The number of aliphatic hydroxyl groups is 1. The maximum absolute atomic E-state index is 12.9. The van der Waals surface area contributed by atoms with E-state index in [2.05, 4.69) is 4.98 Å². The van der Waals surface area contributed by atoms with E-state index in [1.54, 1.807) is 17.0 Å². The molecule has 1 fully saturated rings. The Morgan fingerprint density at radius 1 is 0.897 bits per heavy atom. The van der Waals surface area contributed by atoms with Crippen molar-refractivity contribution in [3.8, 4) is 0 Å². The van der Waals surface area contributed by atoms with Crippen LogP contribution >= 0.6 is 0 Å². The van der Waals surface area contributed by atoms with Crippen LogP contribution in [0.3, 0.4) is 0 Å². The summed E-state index contributed by atoms with van der Waals surface area (Å²) in [4.78, 5) is 31.3. The van der Waals surface area contributed by atoms with E-state index < -0.39 is 17.7 Å². The summed E-state index contributed by atoms with van der Waals surface area (Å²) in [5.74, 6) is -1.44. The van der Waals surface area contributed by atoms with E-state index in [9.17, 15) is 14.7 Å². The Morgan fingerprint density at radius 3 is 2.17 bits per heavy atom. The molecule has 1 amide bonds. The molecule has 0 saturated carbocycles. The number of rotatable bonds is 5. The predicted molar refractivity (Wildman–Crippen MR) is 110 cm³/mol. The lowest BCUT2D eigenvalue weighted by molar-refractivity contribution is -0.139. The van der Waals surface area contributed by atoms with Crippen molar-refractivity contribution in [1.82, 2.24) is 9.88 Å². The Labute approximate surface area is 169 Å². The quantitative estimate of drug-likeness (QED) is 0.413. The Hall–Kier alpha value is -3.73. The third-order valence-corrected chi connectivity index (χ3v) is 5.09. The molecule has 0 radical (unpaired) electrons. The number of hydrogen-bond donors (Lipinski definition) is 1. The van der Waals surface area contributed by atoms with E-state index >= 15 is 0 Å². The van der Waals surface area contributed by atoms with Crippen molar-refractivity contribution >= 4 is 17.4 Å². The highest BCUT2D eigenvalue weighted by atomic mass is 16.3. The number of likely N-dealkylation sites (tertiary alicyclic amines) is 1. The number of ketones is 1. The third kappa shape index (κ3) is 3.67. The number of amides is 1. The monoisotopic (exact) mass is 384 g/mol. The Kier molecular flexibility index (Phi) is 5.20. The summed E-state index contributed by atoms with van der Waals surface area (Å²) in [5.41, 5.74) is 2.44. The van der Waals surface area contributed by atoms with Crippen LogP contribution in [0.2, 0.25) is 0 Å². The zero-order chi connectivity index (χ0) is 20.2. The van der Waals surface area contributed by atoms with Crippen molar-refractivity contribution in [2.75, 3.05) is 6.54 Å². The smallest absolute Gasteiger partial charge is 0.295 e. The molecule has 2 heterocycles. The molecule has 1 saturated heterocycles. The van der Waals surface area contributed by atoms with Gasteiger partial charge in [0.25, 0.3) is 11.7 Å². The lowest BCUT2D eigenvalue weighted by Gasteiger charge is -2.25. The maximum Gasteiger partial charge on any atom is 0.295 e. The minimum atomic E-state index is -0.666. The minimum Gasteiger partial charge on any atom is -0.507 e. The molecule has 0 bridgehead atoms. The lowest BCUT2D eigenvalue weighted by Crippen LogP contribution is -2.31. The van der Waals surface area contributed by atoms with Crippen molar-refractivity contribution in [2.24, 2.45) is 0 Å². The van der Waals surface area contributed by atoms with Gasteiger partial charge < -0.3 is 10.0 Å². The van der Waals surface area contributed by atoms with Crippen molar-refractivity contribution in [1.29, 1.82) is 0 Å². The van der Waals surface area contributed by atoms with Crippen molar-refractivity contribution in [2.45, 2.75) is 12.5 Å². The van der Waals surface area contributed by atoms with Gasteiger partial charge in [-0.1, -0.05) is 60.7 Å². The molecule has 1 unspecified atom stereocenters. The van der Waals surface area contributed by atoms with E-state index in [1.807, 2.05) is 60.7 Å². The van der Waals surface area contributed by atoms with Crippen LogP contribution in [0, 0.1) is 0 Å². The van der Waals surface area contributed by atoms with Gasteiger partial charge in [-0.2, -0.15) is 0 Å². The molecule has 1 N–H and O–H groups in total. The lowest BCUT2D eigenvalue weighted by atomic mass is 9.95. The Morgan fingerprint density at radius 2 is 1.52 bits per heavy atom. The van der Waals surface area contributed by atoms with Crippen LogP contribution in [-0.4, -0.2) is 33.2 Å². The number of carbonyl (C=O) groups excluding carboxylic acids is 2. The van der Waals surface area contributed by atoms with E-state index in [-0.39, 0.29) is 11.3 Å². The SMILES string of the molecule is O=C1C(=O)N(CCc2ccccc2)C(c2ccccc2)C1=C(O)c1ccncc1. The summed E-state index contributed by atoms with van der Waals surface area (Å²) in [6.07, 6.45) is 3.70. The van der Waals surface area contributed by atoms with Crippen molar-refractivity contribution in [3.63, 3.8) is 0 Å². The molecule has 5 heteroatoms. The molecule has 1 aliphatic rings. The number of aromatic nitrogens is 1. The zero-order valence-electron chi connectivity index (χ0n) is 15.7. The number of aliphatic hydroxyl groups excluding tert-OH is 1. The number of hydrogen-bond acceptors (Lipinski definition) is 4. The van der Waals surface area contributed by atoms with Crippen LogP contribution in [0.4, 0.5) is 0 Å². The molecular formula is C24H20N2O3. The normalized spacial score (nSPS) is 18.2. The van der Waals surface area contributed by atoms with Crippen molar-refractivity contribution in [3.05, 3.63) is 107 Å². The van der Waals surface area contributed by atoms with Crippen LogP contribution in [0.5, 0.6) is 0 Å². The molecular weight excluding hydrogens is 364 g/mol. The highest BCUT2D eigenvalue weighted by Gasteiger charge is 2.45. The van der Waals surface area contributed by atoms with Crippen LogP contribution in [0.15, 0.2) is 90.8 Å². The largest absolute Gasteiger partial charge is 0.507 e. The highest BCUT2D eigenvalue weighted by molar-refractivity contribution is 6.46. The minimum absolute atomic E-state index is 0.112. The van der Waals surface area contributed by atoms with Crippen molar-refractivity contribution < 1.29 is 14.7 Å². The second-order valence-corrected chi connectivity index (χ2v) is 6.87. The van der Waals surface area contributed by atoms with Gasteiger partial charge in [0, 0.05) is 24.5 Å². The standard InChI is InChI=1S/C24H20N2O3/c27-22(19-11-14-25-15-12-19)20-21(18-9-5-2-6-10-18)26(24(29)23(20)28)16-13-17-7-3-1-4-8-17/h1-12,14-15,21,27H,13,16H2. The van der Waals surface area contributed by atoms with Crippen LogP contribution in [0.1, 0.15) is 22.7 Å². The van der Waals surface area contributed by atoms with E-state index in [4.69, 9.17) is 0 Å². The number of carbonyl (C=O) groups is 2. The van der Waals surface area contributed by atoms with Gasteiger partial charge in [0.05, 0.1) is 11.6 Å². The average molecular weight is 384 g/mol. The van der Waals surface area contributed by atoms with Gasteiger partial charge in [0.2, 0.25) is 0 Å². The Bertz CT molecular complexity index is 1050. The first kappa shape index (κ1) is 18.6. The number of Topliss-reactive ketones (excluding diaryl/α,β-unsaturated/α-hetero) is 1. The second kappa shape index (κ2) is 8.10. The van der Waals surface area contributed by atoms with Crippen LogP contribution in [-0.2, 0) is 16.0 Å². The van der Waals surface area contributed by atoms with Gasteiger partial charge in [-0.3, -0.25) is 14.6 Å². The first-order chi connectivity index (χ1) is 14.2. The topological polar surface area (TPSA) is 70.5 Å². The van der Waals surface area contributed by atoms with Gasteiger partial charge in [0.1, 0.15) is 5.76 Å². The molecule has 2 aromatic carbocycles. The van der Waals surface area contributed by atoms with Gasteiger partial charge in [-0.25, -0.2) is 0 Å². The molecule has 1 aromatic heterocycles. The van der Waals surface area contributed by atoms with Gasteiger partial charge in [0.15, 0.2) is 0 Å². The van der Waals surface area contributed by atoms with Gasteiger partial charge in [-0.05, 0) is 29.7 Å². The molecule has 3 aromatic rings. The van der Waals surface area contributed by atoms with Crippen LogP contribution in [0.25, 0.3) is 5.76 Å². The first-order valence-corrected chi connectivity index (χ1v) is 9.44. The second-order valence-electron chi connectivity index (χ2n) is 6.87. The molecule has 0 aliphatic carbocycles. The van der Waals surface area contributed by atoms with Gasteiger partial charge in [-0.15, -0.1) is 0 Å². The average Bonchev–Trinajstić information content (AvgIpc) is 3.04. The maximum atomic E-state index is 12.9. The summed E-state index contributed by atoms with van der Waals surface area (Å²) in [5, 5.41) is 10.9.